The number of nitrogens with one attached hydrogen (secondary N) is 1. The zero-order valence-electron chi connectivity index (χ0n) is 9.59. The molecule has 0 amide bonds. The predicted molar refractivity (Wildman–Crippen MR) is 59.6 cm³/mol. The van der Waals surface area contributed by atoms with Gasteiger partial charge < -0.3 is 10.1 Å². The van der Waals surface area contributed by atoms with Gasteiger partial charge in [0.25, 0.3) is 0 Å². The third kappa shape index (κ3) is 3.95. The van der Waals surface area contributed by atoms with Crippen molar-refractivity contribution in [3.8, 4) is 0 Å². The van der Waals surface area contributed by atoms with Crippen LogP contribution in [-0.2, 0) is 4.74 Å². The fourth-order valence-corrected chi connectivity index (χ4v) is 2.01. The van der Waals surface area contributed by atoms with Gasteiger partial charge in [0.05, 0.1) is 0 Å². The van der Waals surface area contributed by atoms with Crippen LogP contribution in [0.4, 0.5) is 0 Å². The van der Waals surface area contributed by atoms with Crippen molar-refractivity contribution >= 4 is 0 Å². The molecule has 3 nitrogen and oxygen atoms in total. The van der Waals surface area contributed by atoms with Crippen LogP contribution in [0.25, 0.3) is 0 Å². The summed E-state index contributed by atoms with van der Waals surface area (Å²) >= 11 is 0. The highest BCUT2D eigenvalue weighted by molar-refractivity contribution is 4.78. The minimum atomic E-state index is 0.741. The lowest BCUT2D eigenvalue weighted by molar-refractivity contribution is 0.109. The van der Waals surface area contributed by atoms with E-state index in [2.05, 4.69) is 24.1 Å². The zero-order valence-corrected chi connectivity index (χ0v) is 9.59. The number of rotatable bonds is 6. The first-order valence-corrected chi connectivity index (χ1v) is 5.91. The molecule has 1 N–H and O–H groups in total. The molecule has 1 atom stereocenters. The predicted octanol–water partition coefficient (Wildman–Crippen LogP) is 1.10. The third-order valence-corrected chi connectivity index (χ3v) is 2.88. The summed E-state index contributed by atoms with van der Waals surface area (Å²) in [5.41, 5.74) is 0. The monoisotopic (exact) mass is 200 g/mol. The van der Waals surface area contributed by atoms with Gasteiger partial charge in [-0.2, -0.15) is 0 Å². The lowest BCUT2D eigenvalue weighted by Crippen LogP contribution is -2.51. The quantitative estimate of drug-likeness (QED) is 0.650. The van der Waals surface area contributed by atoms with Crippen molar-refractivity contribution < 1.29 is 4.74 Å². The number of piperazine rings is 1. The van der Waals surface area contributed by atoms with Crippen molar-refractivity contribution in [2.75, 3.05) is 39.4 Å². The van der Waals surface area contributed by atoms with Crippen molar-refractivity contribution in [3.05, 3.63) is 0 Å². The van der Waals surface area contributed by atoms with Crippen molar-refractivity contribution in [2.45, 2.75) is 32.7 Å². The Morgan fingerprint density at radius 2 is 2.29 bits per heavy atom. The van der Waals surface area contributed by atoms with Crippen LogP contribution in [0.2, 0.25) is 0 Å². The van der Waals surface area contributed by atoms with Crippen LogP contribution in [-0.4, -0.2) is 50.3 Å². The standard InChI is InChI=1S/C11H24N2O/c1-3-11-10-12-6-8-13(11)7-5-9-14-4-2/h11-12H,3-10H2,1-2H3. The minimum Gasteiger partial charge on any atom is -0.382 e. The molecule has 1 rings (SSSR count). The first kappa shape index (κ1) is 12.0. The lowest BCUT2D eigenvalue weighted by atomic mass is 10.1. The number of ether oxygens (including phenoxy) is 1. The average molecular weight is 200 g/mol. The second-order valence-corrected chi connectivity index (χ2v) is 3.85. The molecule has 14 heavy (non-hydrogen) atoms. The minimum absolute atomic E-state index is 0.741. The molecule has 3 heteroatoms. The SMILES string of the molecule is CCOCCCN1CCNCC1CC. The maximum absolute atomic E-state index is 5.35. The van der Waals surface area contributed by atoms with Crippen LogP contribution in [0, 0.1) is 0 Å². The second kappa shape index (κ2) is 7.21. The molecule has 0 aromatic heterocycles. The summed E-state index contributed by atoms with van der Waals surface area (Å²) in [7, 11) is 0. The van der Waals surface area contributed by atoms with E-state index >= 15 is 0 Å². The molecule has 0 radical (unpaired) electrons. The highest BCUT2D eigenvalue weighted by Crippen LogP contribution is 2.07. The molecular formula is C11H24N2O. The van der Waals surface area contributed by atoms with Gasteiger partial charge in [0, 0.05) is 45.4 Å². The molecule has 0 saturated carbocycles. The van der Waals surface area contributed by atoms with E-state index in [0.29, 0.717) is 0 Å². The molecule has 0 aromatic carbocycles. The van der Waals surface area contributed by atoms with E-state index < -0.39 is 0 Å². The summed E-state index contributed by atoms with van der Waals surface area (Å²) in [5.74, 6) is 0. The summed E-state index contributed by atoms with van der Waals surface area (Å²) in [5, 5.41) is 3.44. The Morgan fingerprint density at radius 1 is 1.43 bits per heavy atom. The smallest absolute Gasteiger partial charge is 0.0478 e. The zero-order chi connectivity index (χ0) is 10.2. The Hall–Kier alpha value is -0.120. The van der Waals surface area contributed by atoms with Crippen LogP contribution in [0.15, 0.2) is 0 Å². The van der Waals surface area contributed by atoms with E-state index in [9.17, 15) is 0 Å². The van der Waals surface area contributed by atoms with Gasteiger partial charge >= 0.3 is 0 Å². The summed E-state index contributed by atoms with van der Waals surface area (Å²) < 4.78 is 5.35. The van der Waals surface area contributed by atoms with Gasteiger partial charge in [-0.1, -0.05) is 6.92 Å². The van der Waals surface area contributed by atoms with Crippen LogP contribution < -0.4 is 5.32 Å². The van der Waals surface area contributed by atoms with Crippen molar-refractivity contribution in [1.82, 2.24) is 10.2 Å². The van der Waals surface area contributed by atoms with Gasteiger partial charge in [-0.3, -0.25) is 4.90 Å². The first-order valence-electron chi connectivity index (χ1n) is 5.91. The maximum Gasteiger partial charge on any atom is 0.0478 e. The highest BCUT2D eigenvalue weighted by atomic mass is 16.5. The summed E-state index contributed by atoms with van der Waals surface area (Å²) in [6.45, 7) is 10.8. The van der Waals surface area contributed by atoms with E-state index in [1.807, 2.05) is 0 Å². The molecule has 0 bridgehead atoms. The van der Waals surface area contributed by atoms with E-state index in [1.54, 1.807) is 0 Å². The molecule has 1 aliphatic heterocycles. The molecule has 84 valence electrons. The molecule has 1 aliphatic rings. The van der Waals surface area contributed by atoms with Gasteiger partial charge in [-0.15, -0.1) is 0 Å². The van der Waals surface area contributed by atoms with Gasteiger partial charge in [0.15, 0.2) is 0 Å². The van der Waals surface area contributed by atoms with Crippen molar-refractivity contribution in [2.24, 2.45) is 0 Å². The molecule has 0 aromatic rings. The van der Waals surface area contributed by atoms with Gasteiger partial charge in [0.2, 0.25) is 0 Å². The van der Waals surface area contributed by atoms with Gasteiger partial charge in [-0.25, -0.2) is 0 Å². The number of hydrogen-bond acceptors (Lipinski definition) is 3. The molecular weight excluding hydrogens is 176 g/mol. The number of hydrogen-bond donors (Lipinski definition) is 1. The maximum atomic E-state index is 5.35. The topological polar surface area (TPSA) is 24.5 Å². The van der Waals surface area contributed by atoms with E-state index in [-0.39, 0.29) is 0 Å². The van der Waals surface area contributed by atoms with Crippen molar-refractivity contribution in [1.29, 1.82) is 0 Å². The van der Waals surface area contributed by atoms with E-state index in [1.165, 1.54) is 25.9 Å². The van der Waals surface area contributed by atoms with Gasteiger partial charge in [-0.05, 0) is 19.8 Å². The van der Waals surface area contributed by atoms with Gasteiger partial charge in [0.1, 0.15) is 0 Å². The molecule has 1 fully saturated rings. The first-order chi connectivity index (χ1) is 6.88. The fraction of sp³-hybridized carbons (Fsp3) is 1.00. The number of nitrogens with zero attached hydrogens (tertiary/aromatic N) is 1. The van der Waals surface area contributed by atoms with E-state index in [0.717, 1.165) is 32.3 Å². The van der Waals surface area contributed by atoms with Crippen LogP contribution in [0.3, 0.4) is 0 Å². The van der Waals surface area contributed by atoms with Crippen LogP contribution >= 0.6 is 0 Å². The average Bonchev–Trinajstić information content (AvgIpc) is 2.25. The van der Waals surface area contributed by atoms with E-state index in [4.69, 9.17) is 4.74 Å². The normalized spacial score (nSPS) is 24.0. The Kier molecular flexibility index (Phi) is 6.15. The molecule has 0 aliphatic carbocycles. The third-order valence-electron chi connectivity index (χ3n) is 2.88. The summed E-state index contributed by atoms with van der Waals surface area (Å²) in [4.78, 5) is 2.59. The van der Waals surface area contributed by atoms with Crippen LogP contribution in [0.1, 0.15) is 26.7 Å². The van der Waals surface area contributed by atoms with Crippen molar-refractivity contribution in [3.63, 3.8) is 0 Å². The molecule has 1 unspecified atom stereocenters. The van der Waals surface area contributed by atoms with Crippen LogP contribution in [0.5, 0.6) is 0 Å². The fourth-order valence-electron chi connectivity index (χ4n) is 2.01. The lowest BCUT2D eigenvalue weighted by Gasteiger charge is -2.35. The second-order valence-electron chi connectivity index (χ2n) is 3.85. The Bertz CT molecular complexity index is 141. The summed E-state index contributed by atoms with van der Waals surface area (Å²) in [6, 6.07) is 0.741. The molecule has 1 saturated heterocycles. The Balaban J connectivity index is 2.13. The molecule has 1 heterocycles. The Labute approximate surface area is 87.8 Å². The highest BCUT2D eigenvalue weighted by Gasteiger charge is 2.19. The summed E-state index contributed by atoms with van der Waals surface area (Å²) in [6.07, 6.45) is 2.42. The molecule has 0 spiro atoms. The Morgan fingerprint density at radius 3 is 3.00 bits per heavy atom. The largest absolute Gasteiger partial charge is 0.382 e.